The predicted molar refractivity (Wildman–Crippen MR) is 77.3 cm³/mol. The van der Waals surface area contributed by atoms with Gasteiger partial charge in [-0.2, -0.15) is 0 Å². The first-order valence-corrected chi connectivity index (χ1v) is 7.30. The van der Waals surface area contributed by atoms with E-state index in [1.165, 1.54) is 5.56 Å². The van der Waals surface area contributed by atoms with Gasteiger partial charge in [0.15, 0.2) is 0 Å². The van der Waals surface area contributed by atoms with Crippen LogP contribution < -0.4 is 5.73 Å². The fourth-order valence-electron chi connectivity index (χ4n) is 2.74. The summed E-state index contributed by atoms with van der Waals surface area (Å²) < 4.78 is 1.08. The van der Waals surface area contributed by atoms with Crippen LogP contribution in [-0.2, 0) is 0 Å². The Hall–Kier alpha value is -0.420. The molecule has 0 spiro atoms. The van der Waals surface area contributed by atoms with Crippen molar-refractivity contribution in [2.75, 3.05) is 13.1 Å². The minimum Gasteiger partial charge on any atom is -0.392 e. The lowest BCUT2D eigenvalue weighted by Crippen LogP contribution is -2.46. The zero-order valence-electron chi connectivity index (χ0n) is 10.7. The van der Waals surface area contributed by atoms with Crippen LogP contribution in [0.5, 0.6) is 0 Å². The maximum atomic E-state index is 9.81. The number of rotatable bonds is 3. The molecular weight excluding hydrogens is 292 g/mol. The normalized spacial score (nSPS) is 24.8. The number of hydrogen-bond donors (Lipinski definition) is 2. The first-order chi connectivity index (χ1) is 8.58. The number of piperidine rings is 1. The summed E-state index contributed by atoms with van der Waals surface area (Å²) >= 11 is 3.45. The highest BCUT2D eigenvalue weighted by Crippen LogP contribution is 2.27. The first-order valence-electron chi connectivity index (χ1n) is 6.51. The summed E-state index contributed by atoms with van der Waals surface area (Å²) in [6.45, 7) is 3.77. The van der Waals surface area contributed by atoms with Crippen LogP contribution in [0.1, 0.15) is 31.4 Å². The SMILES string of the molecule is CC(N)C(c1ccc(Br)cc1)N1CCCC(O)C1. The van der Waals surface area contributed by atoms with Crippen LogP contribution in [0.3, 0.4) is 0 Å². The Morgan fingerprint density at radius 2 is 2.06 bits per heavy atom. The van der Waals surface area contributed by atoms with Gasteiger partial charge in [0.05, 0.1) is 6.10 Å². The molecule has 1 saturated heterocycles. The molecule has 3 unspecified atom stereocenters. The second kappa shape index (κ2) is 6.15. The van der Waals surface area contributed by atoms with E-state index in [1.807, 2.05) is 19.1 Å². The molecule has 1 aliphatic rings. The minimum atomic E-state index is -0.213. The van der Waals surface area contributed by atoms with Crippen molar-refractivity contribution in [1.29, 1.82) is 0 Å². The van der Waals surface area contributed by atoms with Crippen LogP contribution in [0.25, 0.3) is 0 Å². The summed E-state index contributed by atoms with van der Waals surface area (Å²) in [7, 11) is 0. The molecule has 4 heteroatoms. The summed E-state index contributed by atoms with van der Waals surface area (Å²) in [6, 6.07) is 8.55. The molecule has 1 aromatic rings. The van der Waals surface area contributed by atoms with Gasteiger partial charge in [0.2, 0.25) is 0 Å². The fourth-order valence-corrected chi connectivity index (χ4v) is 3.01. The second-order valence-corrected chi connectivity index (χ2v) is 6.06. The number of nitrogens with two attached hydrogens (primary N) is 1. The molecule has 0 aromatic heterocycles. The Morgan fingerprint density at radius 1 is 1.39 bits per heavy atom. The highest BCUT2D eigenvalue weighted by Gasteiger charge is 2.28. The van der Waals surface area contributed by atoms with Gasteiger partial charge < -0.3 is 10.8 Å². The van der Waals surface area contributed by atoms with Crippen molar-refractivity contribution >= 4 is 15.9 Å². The highest BCUT2D eigenvalue weighted by atomic mass is 79.9. The molecule has 1 heterocycles. The summed E-state index contributed by atoms with van der Waals surface area (Å²) in [5.74, 6) is 0. The Labute approximate surface area is 117 Å². The quantitative estimate of drug-likeness (QED) is 0.900. The maximum absolute atomic E-state index is 9.81. The minimum absolute atomic E-state index is 0.0523. The number of aliphatic hydroxyl groups is 1. The van der Waals surface area contributed by atoms with Crippen molar-refractivity contribution in [1.82, 2.24) is 4.90 Å². The van der Waals surface area contributed by atoms with Crippen molar-refractivity contribution in [2.24, 2.45) is 5.73 Å². The largest absolute Gasteiger partial charge is 0.392 e. The summed E-state index contributed by atoms with van der Waals surface area (Å²) in [6.07, 6.45) is 1.74. The van der Waals surface area contributed by atoms with E-state index in [2.05, 4.69) is 33.0 Å². The van der Waals surface area contributed by atoms with Gasteiger partial charge in [-0.15, -0.1) is 0 Å². The molecule has 3 atom stereocenters. The van der Waals surface area contributed by atoms with Crippen LogP contribution in [0.2, 0.25) is 0 Å². The average molecular weight is 313 g/mol. The molecule has 0 radical (unpaired) electrons. The van der Waals surface area contributed by atoms with E-state index in [0.717, 1.165) is 30.4 Å². The molecule has 3 N–H and O–H groups in total. The van der Waals surface area contributed by atoms with Crippen LogP contribution >= 0.6 is 15.9 Å². The van der Waals surface area contributed by atoms with Gasteiger partial charge in [-0.3, -0.25) is 4.90 Å². The number of likely N-dealkylation sites (tertiary alicyclic amines) is 1. The van der Waals surface area contributed by atoms with Gasteiger partial charge in [-0.1, -0.05) is 28.1 Å². The van der Waals surface area contributed by atoms with E-state index in [4.69, 9.17) is 5.73 Å². The molecule has 100 valence electrons. The van der Waals surface area contributed by atoms with Crippen LogP contribution in [0.4, 0.5) is 0 Å². The molecule has 0 amide bonds. The number of hydrogen-bond acceptors (Lipinski definition) is 3. The molecule has 1 aromatic carbocycles. The van der Waals surface area contributed by atoms with Crippen molar-refractivity contribution < 1.29 is 5.11 Å². The van der Waals surface area contributed by atoms with E-state index in [1.54, 1.807) is 0 Å². The number of halogens is 1. The van der Waals surface area contributed by atoms with Gasteiger partial charge >= 0.3 is 0 Å². The van der Waals surface area contributed by atoms with Crippen molar-refractivity contribution in [3.63, 3.8) is 0 Å². The maximum Gasteiger partial charge on any atom is 0.0667 e. The number of aliphatic hydroxyl groups excluding tert-OH is 1. The molecule has 1 fully saturated rings. The molecule has 18 heavy (non-hydrogen) atoms. The van der Waals surface area contributed by atoms with Crippen LogP contribution in [0.15, 0.2) is 28.7 Å². The van der Waals surface area contributed by atoms with Crippen molar-refractivity contribution in [2.45, 2.75) is 38.0 Å². The van der Waals surface area contributed by atoms with Gasteiger partial charge in [0, 0.05) is 23.1 Å². The van der Waals surface area contributed by atoms with E-state index in [9.17, 15) is 5.11 Å². The molecule has 1 aliphatic heterocycles. The first kappa shape index (κ1) is 14.0. The third-order valence-electron chi connectivity index (χ3n) is 3.53. The molecule has 0 aliphatic carbocycles. The average Bonchev–Trinajstić information content (AvgIpc) is 2.32. The third kappa shape index (κ3) is 3.32. The Kier molecular flexibility index (Phi) is 4.78. The number of β-amino-alcohol motifs (C(OH)–C–C–N with tert-alkyl or cyclic N) is 1. The molecule has 0 saturated carbocycles. The highest BCUT2D eigenvalue weighted by molar-refractivity contribution is 9.10. The van der Waals surface area contributed by atoms with Gasteiger partial charge in [-0.05, 0) is 44.0 Å². The Bertz CT molecular complexity index is 380. The lowest BCUT2D eigenvalue weighted by molar-refractivity contribution is 0.0405. The summed E-state index contributed by atoms with van der Waals surface area (Å²) in [5.41, 5.74) is 7.37. The summed E-state index contributed by atoms with van der Waals surface area (Å²) in [5, 5.41) is 9.81. The molecule has 3 nitrogen and oxygen atoms in total. The van der Waals surface area contributed by atoms with Crippen LogP contribution in [-0.4, -0.2) is 35.2 Å². The van der Waals surface area contributed by atoms with Gasteiger partial charge in [0.25, 0.3) is 0 Å². The van der Waals surface area contributed by atoms with E-state index < -0.39 is 0 Å². The predicted octanol–water partition coefficient (Wildman–Crippen LogP) is 2.29. The molecule has 0 bridgehead atoms. The van der Waals surface area contributed by atoms with Gasteiger partial charge in [-0.25, -0.2) is 0 Å². The fraction of sp³-hybridized carbons (Fsp3) is 0.571. The second-order valence-electron chi connectivity index (χ2n) is 5.15. The topological polar surface area (TPSA) is 49.5 Å². The van der Waals surface area contributed by atoms with E-state index >= 15 is 0 Å². The summed E-state index contributed by atoms with van der Waals surface area (Å²) in [4.78, 5) is 2.31. The van der Waals surface area contributed by atoms with E-state index in [0.29, 0.717) is 0 Å². The third-order valence-corrected chi connectivity index (χ3v) is 4.06. The van der Waals surface area contributed by atoms with Crippen LogP contribution in [0, 0.1) is 0 Å². The van der Waals surface area contributed by atoms with Crippen molar-refractivity contribution in [3.05, 3.63) is 34.3 Å². The molecule has 2 rings (SSSR count). The zero-order valence-corrected chi connectivity index (χ0v) is 12.3. The van der Waals surface area contributed by atoms with Crippen molar-refractivity contribution in [3.8, 4) is 0 Å². The Morgan fingerprint density at radius 3 is 2.61 bits per heavy atom. The monoisotopic (exact) mass is 312 g/mol. The Balaban J connectivity index is 2.19. The molecular formula is C14H21BrN2O. The smallest absolute Gasteiger partial charge is 0.0667 e. The standard InChI is InChI=1S/C14H21BrN2O/c1-10(16)14(11-4-6-12(15)7-5-11)17-8-2-3-13(18)9-17/h4-7,10,13-14,18H,2-3,8-9,16H2,1H3. The zero-order chi connectivity index (χ0) is 13.1. The van der Waals surface area contributed by atoms with Gasteiger partial charge in [0.1, 0.15) is 0 Å². The number of benzene rings is 1. The lowest BCUT2D eigenvalue weighted by atomic mass is 9.96. The lowest BCUT2D eigenvalue weighted by Gasteiger charge is -2.38. The number of nitrogens with zero attached hydrogens (tertiary/aromatic N) is 1. The van der Waals surface area contributed by atoms with E-state index in [-0.39, 0.29) is 18.2 Å².